The first-order valence-electron chi connectivity index (χ1n) is 9.68. The Morgan fingerprint density at radius 1 is 1.33 bits per heavy atom. The van der Waals surface area contributed by atoms with E-state index in [1.54, 1.807) is 24.5 Å². The number of nitrogens with one attached hydrogen (secondary N) is 1. The molecule has 2 amide bonds. The monoisotopic (exact) mass is 444 g/mol. The number of hydrogen-bond acceptors (Lipinski definition) is 6. The molecule has 0 saturated carbocycles. The molecule has 7 nitrogen and oxygen atoms in total. The highest BCUT2D eigenvalue weighted by Crippen LogP contribution is 2.33. The average Bonchev–Trinajstić information content (AvgIpc) is 3.35. The maximum atomic E-state index is 12.7. The van der Waals surface area contributed by atoms with E-state index in [0.717, 1.165) is 24.3 Å². The van der Waals surface area contributed by atoms with Gasteiger partial charge in [0.2, 0.25) is 5.91 Å². The van der Waals surface area contributed by atoms with Crippen molar-refractivity contribution in [1.29, 1.82) is 0 Å². The van der Waals surface area contributed by atoms with E-state index in [0.29, 0.717) is 35.2 Å². The van der Waals surface area contributed by atoms with E-state index < -0.39 is 0 Å². The largest absolute Gasteiger partial charge is 0.497 e. The van der Waals surface area contributed by atoms with Gasteiger partial charge in [-0.25, -0.2) is 4.98 Å². The highest BCUT2D eigenvalue weighted by atomic mass is 32.2. The maximum absolute atomic E-state index is 12.7. The lowest BCUT2D eigenvalue weighted by molar-refractivity contribution is -0.124. The summed E-state index contributed by atoms with van der Waals surface area (Å²) in [7, 11) is 1.61. The number of ether oxygens (including phenoxy) is 1. The first-order chi connectivity index (χ1) is 14.6. The summed E-state index contributed by atoms with van der Waals surface area (Å²) in [5, 5.41) is 2.91. The van der Waals surface area contributed by atoms with Crippen LogP contribution in [0.3, 0.4) is 0 Å². The molecule has 1 saturated heterocycles. The van der Waals surface area contributed by atoms with Crippen molar-refractivity contribution in [2.75, 3.05) is 20.2 Å². The van der Waals surface area contributed by atoms with Gasteiger partial charge in [0.1, 0.15) is 10.1 Å². The minimum atomic E-state index is -0.117. The van der Waals surface area contributed by atoms with Gasteiger partial charge in [0, 0.05) is 38.4 Å². The Kier molecular flexibility index (Phi) is 8.04. The predicted molar refractivity (Wildman–Crippen MR) is 122 cm³/mol. The Morgan fingerprint density at radius 2 is 2.20 bits per heavy atom. The van der Waals surface area contributed by atoms with Gasteiger partial charge in [0.25, 0.3) is 5.91 Å². The number of rotatable bonds is 10. The van der Waals surface area contributed by atoms with Crippen LogP contribution in [0.25, 0.3) is 6.08 Å². The molecule has 1 aromatic heterocycles. The van der Waals surface area contributed by atoms with Crippen LogP contribution >= 0.6 is 24.0 Å². The molecule has 0 atom stereocenters. The first-order valence-corrected chi connectivity index (χ1v) is 10.9. The van der Waals surface area contributed by atoms with Crippen molar-refractivity contribution in [1.82, 2.24) is 19.8 Å². The van der Waals surface area contributed by atoms with E-state index in [1.807, 2.05) is 41.1 Å². The van der Waals surface area contributed by atoms with Crippen molar-refractivity contribution in [3.8, 4) is 5.75 Å². The normalized spacial score (nSPS) is 15.1. The van der Waals surface area contributed by atoms with E-state index >= 15 is 0 Å². The summed E-state index contributed by atoms with van der Waals surface area (Å²) in [6.45, 7) is 1.86. The second-order valence-corrected chi connectivity index (χ2v) is 8.39. The van der Waals surface area contributed by atoms with Crippen LogP contribution in [0.4, 0.5) is 0 Å². The molecule has 9 heteroatoms. The molecule has 0 aliphatic carbocycles. The highest BCUT2D eigenvalue weighted by Gasteiger charge is 2.31. The van der Waals surface area contributed by atoms with Gasteiger partial charge in [0.05, 0.1) is 18.3 Å². The van der Waals surface area contributed by atoms with Crippen molar-refractivity contribution in [2.24, 2.45) is 0 Å². The van der Waals surface area contributed by atoms with E-state index in [-0.39, 0.29) is 11.8 Å². The second-order valence-electron chi connectivity index (χ2n) is 6.72. The Balaban J connectivity index is 1.41. The lowest BCUT2D eigenvalue weighted by Gasteiger charge is -2.14. The van der Waals surface area contributed by atoms with Crippen molar-refractivity contribution in [2.45, 2.75) is 25.8 Å². The third-order valence-corrected chi connectivity index (χ3v) is 5.90. The molecule has 0 unspecified atom stereocenters. The zero-order valence-electron chi connectivity index (χ0n) is 16.7. The predicted octanol–water partition coefficient (Wildman–Crippen LogP) is 3.08. The van der Waals surface area contributed by atoms with E-state index in [1.165, 1.54) is 11.8 Å². The quantitative estimate of drug-likeness (QED) is 0.345. The van der Waals surface area contributed by atoms with Crippen LogP contribution in [0.15, 0.2) is 47.9 Å². The zero-order valence-corrected chi connectivity index (χ0v) is 18.4. The van der Waals surface area contributed by atoms with Crippen LogP contribution in [-0.2, 0) is 16.1 Å². The molecule has 1 fully saturated rings. The van der Waals surface area contributed by atoms with Crippen molar-refractivity contribution < 1.29 is 14.3 Å². The molecule has 1 N–H and O–H groups in total. The molecule has 0 spiro atoms. The lowest BCUT2D eigenvalue weighted by Crippen LogP contribution is -2.31. The third kappa shape index (κ3) is 6.17. The number of nitrogens with zero attached hydrogens (tertiary/aromatic N) is 3. The summed E-state index contributed by atoms with van der Waals surface area (Å²) < 4.78 is 7.71. The Hall–Kier alpha value is -2.65. The van der Waals surface area contributed by atoms with Gasteiger partial charge in [-0.3, -0.25) is 14.5 Å². The number of thioether (sulfide) groups is 1. The van der Waals surface area contributed by atoms with Crippen LogP contribution in [-0.4, -0.2) is 50.8 Å². The third-order valence-electron chi connectivity index (χ3n) is 4.53. The number of hydrogen-bond donors (Lipinski definition) is 1. The fraction of sp³-hybridized carbons (Fsp3) is 0.333. The van der Waals surface area contributed by atoms with E-state index in [2.05, 4.69) is 10.3 Å². The van der Waals surface area contributed by atoms with Crippen molar-refractivity contribution in [3.63, 3.8) is 0 Å². The van der Waals surface area contributed by atoms with Crippen molar-refractivity contribution >= 4 is 46.2 Å². The van der Waals surface area contributed by atoms with Crippen LogP contribution < -0.4 is 10.1 Å². The number of benzene rings is 1. The molecule has 0 radical (unpaired) electrons. The van der Waals surface area contributed by atoms with Gasteiger partial charge >= 0.3 is 0 Å². The highest BCUT2D eigenvalue weighted by molar-refractivity contribution is 8.26. The number of imidazole rings is 1. The van der Waals surface area contributed by atoms with E-state index in [4.69, 9.17) is 17.0 Å². The molecule has 30 heavy (non-hydrogen) atoms. The zero-order chi connectivity index (χ0) is 21.3. The molecule has 1 aromatic carbocycles. The Bertz CT molecular complexity index is 928. The number of amides is 2. The number of aryl methyl sites for hydroxylation is 1. The molecule has 1 aliphatic rings. The number of methoxy groups -OCH3 is 1. The van der Waals surface area contributed by atoms with Gasteiger partial charge in [0.15, 0.2) is 0 Å². The Morgan fingerprint density at radius 3 is 2.97 bits per heavy atom. The minimum Gasteiger partial charge on any atom is -0.497 e. The summed E-state index contributed by atoms with van der Waals surface area (Å²) in [6, 6.07) is 7.50. The van der Waals surface area contributed by atoms with Crippen LogP contribution in [0.5, 0.6) is 5.75 Å². The molecule has 158 valence electrons. The first kappa shape index (κ1) is 22.0. The summed E-state index contributed by atoms with van der Waals surface area (Å²) >= 11 is 6.64. The minimum absolute atomic E-state index is 0.0157. The van der Waals surface area contributed by atoms with E-state index in [9.17, 15) is 9.59 Å². The fourth-order valence-electron chi connectivity index (χ4n) is 2.97. The van der Waals surface area contributed by atoms with Crippen LogP contribution in [0.2, 0.25) is 0 Å². The average molecular weight is 445 g/mol. The molecular formula is C21H24N4O3S2. The topological polar surface area (TPSA) is 76.5 Å². The lowest BCUT2D eigenvalue weighted by atomic mass is 10.2. The number of thiocarbonyl (C=S) groups is 1. The summed E-state index contributed by atoms with van der Waals surface area (Å²) in [4.78, 5) is 30.8. The standard InChI is InChI=1S/C21H24N4O3S2/c1-28-17-6-2-5-16(13-17)14-18-20(27)25(21(29)30-18)11-3-7-19(26)23-8-4-10-24-12-9-22-15-24/h2,5-6,9,12-15H,3-4,7-8,10-11H2,1H3,(H,23,26). The van der Waals surface area contributed by atoms with Gasteiger partial charge in [-0.2, -0.15) is 0 Å². The molecule has 2 heterocycles. The smallest absolute Gasteiger partial charge is 0.266 e. The molecule has 2 aromatic rings. The molecular weight excluding hydrogens is 420 g/mol. The number of carbonyl (C=O) groups excluding carboxylic acids is 2. The summed E-state index contributed by atoms with van der Waals surface area (Å²) in [6.07, 6.45) is 8.96. The maximum Gasteiger partial charge on any atom is 0.266 e. The number of carbonyl (C=O) groups is 2. The van der Waals surface area contributed by atoms with Gasteiger partial charge in [-0.05, 0) is 36.6 Å². The van der Waals surface area contributed by atoms with Crippen LogP contribution in [0.1, 0.15) is 24.8 Å². The van der Waals surface area contributed by atoms with Gasteiger partial charge < -0.3 is 14.6 Å². The molecule has 1 aliphatic heterocycles. The van der Waals surface area contributed by atoms with Crippen LogP contribution in [0, 0.1) is 0 Å². The SMILES string of the molecule is COc1cccc(C=C2SC(=S)N(CCCC(=O)NCCCn3ccnc3)C2=O)c1. The number of aromatic nitrogens is 2. The summed E-state index contributed by atoms with van der Waals surface area (Å²) in [5.41, 5.74) is 0.880. The second kappa shape index (κ2) is 10.9. The molecule has 3 rings (SSSR count). The van der Waals surface area contributed by atoms with Gasteiger partial charge in [-0.15, -0.1) is 0 Å². The summed E-state index contributed by atoms with van der Waals surface area (Å²) in [5.74, 6) is 0.599. The fourth-order valence-corrected chi connectivity index (χ4v) is 4.28. The Labute approximate surface area is 185 Å². The molecule has 0 bridgehead atoms. The van der Waals surface area contributed by atoms with Crippen molar-refractivity contribution in [3.05, 3.63) is 53.5 Å². The van der Waals surface area contributed by atoms with Gasteiger partial charge in [-0.1, -0.05) is 36.1 Å².